The van der Waals surface area contributed by atoms with Gasteiger partial charge in [-0.15, -0.1) is 0 Å². The highest BCUT2D eigenvalue weighted by atomic mass is 14.8. The largest absolute Gasteiger partial charge is 0.286 e. The Morgan fingerprint density at radius 3 is 2.70 bits per heavy atom. The Morgan fingerprint density at radius 1 is 1.60 bits per heavy atom. The van der Waals surface area contributed by atoms with E-state index in [0.717, 1.165) is 6.42 Å². The molecule has 1 unspecified atom stereocenters. The molecule has 0 N–H and O–H groups in total. The number of hydrogen-bond acceptors (Lipinski definition) is 1. The molecule has 0 amide bonds. The quantitative estimate of drug-likeness (QED) is 0.526. The average Bonchev–Trinajstić information content (AvgIpc) is 1.88. The van der Waals surface area contributed by atoms with E-state index in [1.165, 1.54) is 5.71 Å². The topological polar surface area (TPSA) is 12.4 Å². The van der Waals surface area contributed by atoms with Gasteiger partial charge in [0.25, 0.3) is 0 Å². The molecule has 1 atom stereocenters. The van der Waals surface area contributed by atoms with Gasteiger partial charge in [-0.25, -0.2) is 0 Å². The Morgan fingerprint density at radius 2 is 2.30 bits per heavy atom. The van der Waals surface area contributed by atoms with E-state index < -0.39 is 0 Å². The third kappa shape index (κ3) is 1.69. The molecule has 56 valence electrons. The van der Waals surface area contributed by atoms with E-state index in [9.17, 15) is 0 Å². The molecular formula is C9H15N. The van der Waals surface area contributed by atoms with Crippen molar-refractivity contribution in [1.82, 2.24) is 0 Å². The smallest absolute Gasteiger partial charge is 0.0509 e. The predicted molar refractivity (Wildman–Crippen MR) is 45.5 cm³/mol. The summed E-state index contributed by atoms with van der Waals surface area (Å²) in [5.41, 5.74) is 1.25. The van der Waals surface area contributed by atoms with E-state index in [2.05, 4.69) is 37.9 Å². The van der Waals surface area contributed by atoms with Crippen molar-refractivity contribution in [1.29, 1.82) is 0 Å². The van der Waals surface area contributed by atoms with Crippen LogP contribution in [0.25, 0.3) is 0 Å². The van der Waals surface area contributed by atoms with Crippen LogP contribution in [0.3, 0.4) is 0 Å². The van der Waals surface area contributed by atoms with Gasteiger partial charge >= 0.3 is 0 Å². The van der Waals surface area contributed by atoms with Crippen LogP contribution in [0.15, 0.2) is 17.1 Å². The number of hydrogen-bond donors (Lipinski definition) is 0. The summed E-state index contributed by atoms with van der Waals surface area (Å²) < 4.78 is 0. The molecule has 0 aliphatic carbocycles. The second kappa shape index (κ2) is 3.00. The molecule has 0 aromatic rings. The first-order valence-electron chi connectivity index (χ1n) is 3.94. The fraction of sp³-hybridized carbons (Fsp3) is 0.667. The van der Waals surface area contributed by atoms with Gasteiger partial charge in [0.2, 0.25) is 0 Å². The molecule has 0 bridgehead atoms. The highest BCUT2D eigenvalue weighted by Gasteiger charge is 2.07. The van der Waals surface area contributed by atoms with Crippen LogP contribution < -0.4 is 0 Å². The zero-order valence-corrected chi connectivity index (χ0v) is 6.96. The van der Waals surface area contributed by atoms with Crippen molar-refractivity contribution in [2.75, 3.05) is 0 Å². The molecule has 1 aliphatic rings. The first-order chi connectivity index (χ1) is 4.70. The van der Waals surface area contributed by atoms with Crippen molar-refractivity contribution in [2.24, 2.45) is 10.9 Å². The molecule has 0 fully saturated rings. The maximum Gasteiger partial charge on any atom is 0.0509 e. The van der Waals surface area contributed by atoms with Crippen molar-refractivity contribution >= 4 is 5.71 Å². The van der Waals surface area contributed by atoms with E-state index in [-0.39, 0.29) is 0 Å². The molecule has 10 heavy (non-hydrogen) atoms. The second-order valence-corrected chi connectivity index (χ2v) is 3.20. The Bertz CT molecular complexity index is 166. The van der Waals surface area contributed by atoms with Crippen LogP contribution >= 0.6 is 0 Å². The molecule has 0 saturated heterocycles. The molecule has 1 rings (SSSR count). The summed E-state index contributed by atoms with van der Waals surface area (Å²) in [5.74, 6) is 0.582. The third-order valence-corrected chi connectivity index (χ3v) is 1.73. The SMILES string of the molecule is CC1CC=CC(C(C)C)=N1. The molecule has 0 saturated carbocycles. The number of nitrogens with zero attached hydrogens (tertiary/aromatic N) is 1. The summed E-state index contributed by atoms with van der Waals surface area (Å²) in [5, 5.41) is 0. The average molecular weight is 137 g/mol. The molecule has 1 aliphatic heterocycles. The maximum absolute atomic E-state index is 4.51. The molecule has 1 nitrogen and oxygen atoms in total. The predicted octanol–water partition coefficient (Wildman–Crippen LogP) is 2.43. The minimum atomic E-state index is 0.502. The van der Waals surface area contributed by atoms with Crippen LogP contribution in [0.4, 0.5) is 0 Å². The Labute approximate surface area is 62.9 Å². The summed E-state index contributed by atoms with van der Waals surface area (Å²) in [6.07, 6.45) is 5.47. The summed E-state index contributed by atoms with van der Waals surface area (Å²) in [6.45, 7) is 6.52. The van der Waals surface area contributed by atoms with Crippen LogP contribution in [0, 0.1) is 5.92 Å². The number of rotatable bonds is 1. The molecule has 0 aromatic carbocycles. The third-order valence-electron chi connectivity index (χ3n) is 1.73. The Hall–Kier alpha value is -0.590. The van der Waals surface area contributed by atoms with E-state index in [1.807, 2.05) is 0 Å². The lowest BCUT2D eigenvalue weighted by Crippen LogP contribution is -2.12. The number of aliphatic imine (C=N–C) groups is 1. The molecule has 1 heterocycles. The van der Waals surface area contributed by atoms with Crippen LogP contribution in [-0.2, 0) is 0 Å². The van der Waals surface area contributed by atoms with Gasteiger partial charge in [0, 0.05) is 5.71 Å². The lowest BCUT2D eigenvalue weighted by molar-refractivity contribution is 0.731. The molecule has 1 heteroatoms. The number of dihydropyridines is 1. The van der Waals surface area contributed by atoms with Crippen molar-refractivity contribution in [3.8, 4) is 0 Å². The number of allylic oxidation sites excluding steroid dienone is 1. The summed E-state index contributed by atoms with van der Waals surface area (Å²) in [6, 6.07) is 0.502. The zero-order valence-electron chi connectivity index (χ0n) is 6.96. The zero-order chi connectivity index (χ0) is 7.56. The van der Waals surface area contributed by atoms with Gasteiger partial charge in [0.05, 0.1) is 6.04 Å². The van der Waals surface area contributed by atoms with Crippen LogP contribution in [0.5, 0.6) is 0 Å². The minimum absolute atomic E-state index is 0.502. The van der Waals surface area contributed by atoms with Crippen LogP contribution in [0.2, 0.25) is 0 Å². The van der Waals surface area contributed by atoms with Crippen molar-refractivity contribution in [3.63, 3.8) is 0 Å². The second-order valence-electron chi connectivity index (χ2n) is 3.20. The fourth-order valence-electron chi connectivity index (χ4n) is 1.08. The lowest BCUT2D eigenvalue weighted by atomic mass is 10.0. The van der Waals surface area contributed by atoms with Gasteiger partial charge in [-0.1, -0.05) is 19.9 Å². The van der Waals surface area contributed by atoms with Crippen molar-refractivity contribution in [3.05, 3.63) is 12.2 Å². The van der Waals surface area contributed by atoms with Gasteiger partial charge in [-0.3, -0.25) is 4.99 Å². The van der Waals surface area contributed by atoms with Crippen molar-refractivity contribution in [2.45, 2.75) is 33.2 Å². The van der Waals surface area contributed by atoms with Gasteiger partial charge in [0.1, 0.15) is 0 Å². The van der Waals surface area contributed by atoms with E-state index in [0.29, 0.717) is 12.0 Å². The van der Waals surface area contributed by atoms with Gasteiger partial charge in [-0.2, -0.15) is 0 Å². The highest BCUT2D eigenvalue weighted by Crippen LogP contribution is 2.10. The van der Waals surface area contributed by atoms with E-state index in [4.69, 9.17) is 0 Å². The first kappa shape index (κ1) is 7.52. The van der Waals surface area contributed by atoms with Gasteiger partial charge in [-0.05, 0) is 25.3 Å². The summed E-state index contributed by atoms with van der Waals surface area (Å²) >= 11 is 0. The van der Waals surface area contributed by atoms with Crippen LogP contribution in [0.1, 0.15) is 27.2 Å². The molecule has 0 aromatic heterocycles. The maximum atomic E-state index is 4.51. The Balaban J connectivity index is 2.66. The highest BCUT2D eigenvalue weighted by molar-refractivity contribution is 5.97. The van der Waals surface area contributed by atoms with E-state index >= 15 is 0 Å². The van der Waals surface area contributed by atoms with Gasteiger partial charge in [0.15, 0.2) is 0 Å². The lowest BCUT2D eigenvalue weighted by Gasteiger charge is -2.13. The fourth-order valence-corrected chi connectivity index (χ4v) is 1.08. The van der Waals surface area contributed by atoms with Gasteiger partial charge < -0.3 is 0 Å². The minimum Gasteiger partial charge on any atom is -0.286 e. The normalized spacial score (nSPS) is 25.2. The Kier molecular flexibility index (Phi) is 2.25. The molecular weight excluding hydrogens is 122 g/mol. The van der Waals surface area contributed by atoms with E-state index in [1.54, 1.807) is 0 Å². The summed E-state index contributed by atoms with van der Waals surface area (Å²) in [4.78, 5) is 4.51. The molecule has 0 radical (unpaired) electrons. The standard InChI is InChI=1S/C9H15N/c1-7(2)9-6-4-5-8(3)10-9/h4,6-8H,5H2,1-3H3. The first-order valence-corrected chi connectivity index (χ1v) is 3.94. The molecule has 0 spiro atoms. The van der Waals surface area contributed by atoms with Crippen molar-refractivity contribution < 1.29 is 0 Å². The monoisotopic (exact) mass is 137 g/mol. The van der Waals surface area contributed by atoms with Crippen LogP contribution in [-0.4, -0.2) is 11.8 Å². The summed E-state index contributed by atoms with van der Waals surface area (Å²) in [7, 11) is 0.